The topological polar surface area (TPSA) is 33.4 Å². The number of amides is 1. The van der Waals surface area contributed by atoms with Gasteiger partial charge in [-0.3, -0.25) is 0 Å². The van der Waals surface area contributed by atoms with Crippen LogP contribution in [0.2, 0.25) is 0 Å². The van der Waals surface area contributed by atoms with E-state index in [9.17, 15) is 4.79 Å². The number of carbonyl (C=O) groups excluding carboxylic acids is 1. The van der Waals surface area contributed by atoms with Crippen LogP contribution in [-0.4, -0.2) is 18.0 Å². The summed E-state index contributed by atoms with van der Waals surface area (Å²) in [7, 11) is 3.60. The molecule has 0 radical (unpaired) electrons. The van der Waals surface area contributed by atoms with Gasteiger partial charge < -0.3 is 26.6 Å². The zero-order valence-corrected chi connectivity index (χ0v) is 13.1. The predicted molar refractivity (Wildman–Crippen MR) is 71.6 cm³/mol. The Hall–Kier alpha value is -1.88. The van der Waals surface area contributed by atoms with Gasteiger partial charge in [0.05, 0.1) is 0 Å². The molecule has 0 N–H and O–H groups in total. The van der Waals surface area contributed by atoms with Crippen LogP contribution in [0, 0.1) is 0 Å². The second-order valence-corrected chi connectivity index (χ2v) is 4.41. The summed E-state index contributed by atoms with van der Waals surface area (Å²) in [6.45, 7) is 0.526. The van der Waals surface area contributed by atoms with Crippen molar-refractivity contribution in [1.29, 1.82) is 0 Å². The third kappa shape index (κ3) is 4.66. The number of halogens is 1. The number of rotatable bonds is 3. The lowest BCUT2D eigenvalue weighted by molar-refractivity contribution is -0.671. The van der Waals surface area contributed by atoms with Crippen molar-refractivity contribution in [3.63, 3.8) is 0 Å². The Morgan fingerprint density at radius 3 is 2.55 bits per heavy atom. The quantitative estimate of drug-likeness (QED) is 0.684. The molecule has 0 atom stereocenters. The highest BCUT2D eigenvalue weighted by molar-refractivity contribution is 5.70. The molecule has 2 aromatic rings. The minimum Gasteiger partial charge on any atom is -1.00 e. The summed E-state index contributed by atoms with van der Waals surface area (Å²) >= 11 is 0. The van der Waals surface area contributed by atoms with Gasteiger partial charge in [0.15, 0.2) is 11.9 Å². The van der Waals surface area contributed by atoms with Gasteiger partial charge in [-0.15, -0.1) is 0 Å². The summed E-state index contributed by atoms with van der Waals surface area (Å²) in [5, 5.41) is 0. The summed E-state index contributed by atoms with van der Waals surface area (Å²) in [4.78, 5) is 13.5. The van der Waals surface area contributed by atoms with Gasteiger partial charge in [0.1, 0.15) is 7.05 Å². The Morgan fingerprint density at radius 2 is 1.90 bits per heavy atom. The largest absolute Gasteiger partial charge is 1.00 e. The van der Waals surface area contributed by atoms with Crippen molar-refractivity contribution < 1.29 is 31.1 Å². The van der Waals surface area contributed by atoms with E-state index in [1.807, 2.05) is 54.2 Å². The monoisotopic (exact) mass is 336 g/mol. The van der Waals surface area contributed by atoms with E-state index < -0.39 is 0 Å². The molecule has 0 unspecified atom stereocenters. The molecule has 0 saturated carbocycles. The third-order valence-corrected chi connectivity index (χ3v) is 2.69. The maximum atomic E-state index is 11.9. The van der Waals surface area contributed by atoms with Crippen molar-refractivity contribution in [3.05, 3.63) is 60.4 Å². The van der Waals surface area contributed by atoms with E-state index in [0.29, 0.717) is 12.3 Å². The summed E-state index contributed by atoms with van der Waals surface area (Å²) in [6, 6.07) is 13.4. The molecule has 1 aromatic heterocycles. The maximum absolute atomic E-state index is 11.9. The van der Waals surface area contributed by atoms with Gasteiger partial charge in [-0.1, -0.05) is 30.3 Å². The van der Waals surface area contributed by atoms with E-state index in [1.165, 1.54) is 0 Å². The normalized spacial score (nSPS) is 9.50. The lowest BCUT2D eigenvalue weighted by atomic mass is 10.2. The minimum atomic E-state index is -0.366. The first-order valence-electron chi connectivity index (χ1n) is 6.07. The van der Waals surface area contributed by atoms with E-state index in [0.717, 1.165) is 5.56 Å². The van der Waals surface area contributed by atoms with Crippen molar-refractivity contribution >= 4 is 6.09 Å². The summed E-state index contributed by atoms with van der Waals surface area (Å²) in [5.74, 6) is 0.537. The molecule has 20 heavy (non-hydrogen) atoms. The van der Waals surface area contributed by atoms with Crippen molar-refractivity contribution in [2.75, 3.05) is 7.05 Å². The van der Waals surface area contributed by atoms with Gasteiger partial charge in [-0.25, -0.2) is 9.36 Å². The molecule has 0 aliphatic rings. The van der Waals surface area contributed by atoms with Gasteiger partial charge in [0, 0.05) is 19.7 Å². The van der Waals surface area contributed by atoms with Gasteiger partial charge >= 0.3 is 6.09 Å². The Labute approximate surface area is 129 Å². The summed E-state index contributed by atoms with van der Waals surface area (Å²) in [5.41, 5.74) is 1.07. The molecule has 1 heterocycles. The van der Waals surface area contributed by atoms with Crippen LogP contribution in [0.4, 0.5) is 4.79 Å². The Kier molecular flexibility index (Phi) is 6.18. The fourth-order valence-corrected chi connectivity index (χ4v) is 1.72. The Balaban J connectivity index is 0.00000200. The highest BCUT2D eigenvalue weighted by Gasteiger charge is 2.12. The number of benzene rings is 1. The van der Waals surface area contributed by atoms with E-state index in [1.54, 1.807) is 24.2 Å². The number of aryl methyl sites for hydroxylation is 1. The number of nitrogens with zero attached hydrogens (tertiary/aromatic N) is 2. The molecule has 0 aliphatic carbocycles. The summed E-state index contributed by atoms with van der Waals surface area (Å²) < 4.78 is 7.13. The molecule has 106 valence electrons. The van der Waals surface area contributed by atoms with Crippen molar-refractivity contribution in [2.45, 2.75) is 6.54 Å². The Morgan fingerprint density at radius 1 is 1.20 bits per heavy atom. The number of aromatic nitrogens is 1. The highest BCUT2D eigenvalue weighted by atomic mass is 79.9. The number of carbonyl (C=O) groups is 1. The van der Waals surface area contributed by atoms with Crippen LogP contribution < -0.4 is 26.3 Å². The SMILES string of the molecule is CN(Cc1ccccc1)C(=O)Oc1ccc[n+](C)c1.[Br-]. The standard InChI is InChI=1S/C15H17N2O2.BrH/c1-16-10-6-9-14(12-16)19-15(18)17(2)11-13-7-4-3-5-8-13;/h3-10,12H,11H2,1-2H3;1H/q+1;/p-1. The van der Waals surface area contributed by atoms with E-state index >= 15 is 0 Å². The molecular formula is C15H17BrN2O2. The zero-order chi connectivity index (χ0) is 13.7. The average Bonchev–Trinajstić information content (AvgIpc) is 2.40. The Bertz CT molecular complexity index is 561. The third-order valence-electron chi connectivity index (χ3n) is 2.69. The number of hydrogen-bond donors (Lipinski definition) is 0. The minimum absolute atomic E-state index is 0. The first-order chi connectivity index (χ1) is 9.15. The number of ether oxygens (including phenoxy) is 1. The molecule has 2 rings (SSSR count). The second kappa shape index (κ2) is 7.65. The van der Waals surface area contributed by atoms with E-state index in [-0.39, 0.29) is 23.1 Å². The van der Waals surface area contributed by atoms with Crippen LogP contribution in [0.15, 0.2) is 54.9 Å². The fraction of sp³-hybridized carbons (Fsp3) is 0.200. The maximum Gasteiger partial charge on any atom is 0.415 e. The molecule has 0 bridgehead atoms. The number of hydrogen-bond acceptors (Lipinski definition) is 2. The molecule has 5 heteroatoms. The van der Waals surface area contributed by atoms with Crippen LogP contribution in [0.5, 0.6) is 5.75 Å². The lowest BCUT2D eigenvalue weighted by Crippen LogP contribution is -3.00. The molecule has 0 aliphatic heterocycles. The van der Waals surface area contributed by atoms with Crippen LogP contribution in [0.1, 0.15) is 5.56 Å². The van der Waals surface area contributed by atoms with Gasteiger partial charge in [0.25, 0.3) is 0 Å². The van der Waals surface area contributed by atoms with Crippen molar-refractivity contribution in [1.82, 2.24) is 4.90 Å². The molecule has 4 nitrogen and oxygen atoms in total. The smallest absolute Gasteiger partial charge is 0.415 e. The molecule has 0 saturated heterocycles. The van der Waals surface area contributed by atoms with Crippen molar-refractivity contribution in [2.24, 2.45) is 7.05 Å². The van der Waals surface area contributed by atoms with Gasteiger partial charge in [-0.2, -0.15) is 0 Å². The van der Waals surface area contributed by atoms with Crippen molar-refractivity contribution in [3.8, 4) is 5.75 Å². The van der Waals surface area contributed by atoms with E-state index in [4.69, 9.17) is 4.74 Å². The lowest BCUT2D eigenvalue weighted by Gasteiger charge is -2.16. The summed E-state index contributed by atoms with van der Waals surface area (Å²) in [6.07, 6.45) is 3.27. The fourth-order valence-electron chi connectivity index (χ4n) is 1.72. The number of pyridine rings is 1. The zero-order valence-electron chi connectivity index (χ0n) is 11.5. The molecular weight excluding hydrogens is 320 g/mol. The molecule has 1 aromatic carbocycles. The molecule has 0 spiro atoms. The first kappa shape index (κ1) is 16.2. The van der Waals surface area contributed by atoms with Crippen LogP contribution in [0.25, 0.3) is 0 Å². The van der Waals surface area contributed by atoms with Gasteiger partial charge in [0.2, 0.25) is 6.20 Å². The predicted octanol–water partition coefficient (Wildman–Crippen LogP) is -0.854. The highest BCUT2D eigenvalue weighted by Crippen LogP contribution is 2.09. The average molecular weight is 337 g/mol. The van der Waals surface area contributed by atoms with E-state index in [2.05, 4.69) is 0 Å². The molecule has 0 fully saturated rings. The van der Waals surface area contributed by atoms with Crippen LogP contribution in [0.3, 0.4) is 0 Å². The first-order valence-corrected chi connectivity index (χ1v) is 6.07. The van der Waals surface area contributed by atoms with Gasteiger partial charge in [-0.05, 0) is 11.6 Å². The molecule has 1 amide bonds. The second-order valence-electron chi connectivity index (χ2n) is 4.41. The van der Waals surface area contributed by atoms with Crippen LogP contribution >= 0.6 is 0 Å². The van der Waals surface area contributed by atoms with Crippen LogP contribution in [-0.2, 0) is 13.6 Å².